The predicted octanol–water partition coefficient (Wildman–Crippen LogP) is 3.58. The molecule has 0 aliphatic rings. The molecule has 0 saturated carbocycles. The number of nitrogens with one attached hydrogen (secondary N) is 1. The molecule has 96 valence electrons. The minimum absolute atomic E-state index is 0.864. The number of hydrogen-bond donors (Lipinski definition) is 1. The Morgan fingerprint density at radius 2 is 2.11 bits per heavy atom. The van der Waals surface area contributed by atoms with E-state index >= 15 is 0 Å². The first-order chi connectivity index (χ1) is 9.40. The summed E-state index contributed by atoms with van der Waals surface area (Å²) in [4.78, 5) is 4.38. The Balaban J connectivity index is 2.12. The van der Waals surface area contributed by atoms with Gasteiger partial charge in [0, 0.05) is 23.7 Å². The molecule has 0 fully saturated rings. The molecule has 19 heavy (non-hydrogen) atoms. The lowest BCUT2D eigenvalue weighted by molar-refractivity contribution is 0.974. The predicted molar refractivity (Wildman–Crippen MR) is 79.4 cm³/mol. The van der Waals surface area contributed by atoms with Gasteiger partial charge in [-0.2, -0.15) is 8.75 Å². The molecule has 0 aliphatic heterocycles. The minimum Gasteiger partial charge on any atom is -0.367 e. The Morgan fingerprint density at radius 3 is 3.00 bits per heavy atom. The normalized spacial score (nSPS) is 10.8. The Bertz CT molecular complexity index is 687. The van der Waals surface area contributed by atoms with Crippen molar-refractivity contribution in [1.29, 1.82) is 0 Å². The SMILES string of the molecule is CCCNc1nsnc1-c1cccc2ncccc12. The molecule has 3 aromatic rings. The molecular weight excluding hydrogens is 256 g/mol. The highest BCUT2D eigenvalue weighted by molar-refractivity contribution is 6.99. The number of nitrogens with zero attached hydrogens (tertiary/aromatic N) is 3. The quantitative estimate of drug-likeness (QED) is 0.787. The fourth-order valence-electron chi connectivity index (χ4n) is 2.03. The monoisotopic (exact) mass is 270 g/mol. The third-order valence-corrected chi connectivity index (χ3v) is 3.46. The molecule has 1 N–H and O–H groups in total. The van der Waals surface area contributed by atoms with Gasteiger partial charge in [0.05, 0.1) is 17.2 Å². The maximum Gasteiger partial charge on any atom is 0.168 e. The van der Waals surface area contributed by atoms with E-state index in [9.17, 15) is 0 Å². The largest absolute Gasteiger partial charge is 0.367 e. The van der Waals surface area contributed by atoms with E-state index in [0.717, 1.165) is 40.9 Å². The van der Waals surface area contributed by atoms with Gasteiger partial charge < -0.3 is 5.32 Å². The van der Waals surface area contributed by atoms with Gasteiger partial charge in [-0.3, -0.25) is 4.98 Å². The molecule has 5 heteroatoms. The molecule has 3 rings (SSSR count). The summed E-state index contributed by atoms with van der Waals surface area (Å²) in [6, 6.07) is 10.1. The van der Waals surface area contributed by atoms with Gasteiger partial charge in [-0.15, -0.1) is 0 Å². The second kappa shape index (κ2) is 5.32. The molecule has 0 atom stereocenters. The van der Waals surface area contributed by atoms with Crippen LogP contribution in [0.1, 0.15) is 13.3 Å². The smallest absolute Gasteiger partial charge is 0.168 e. The van der Waals surface area contributed by atoms with E-state index in [4.69, 9.17) is 0 Å². The Morgan fingerprint density at radius 1 is 1.16 bits per heavy atom. The van der Waals surface area contributed by atoms with E-state index < -0.39 is 0 Å². The molecule has 1 aromatic carbocycles. The molecule has 0 amide bonds. The maximum atomic E-state index is 4.43. The van der Waals surface area contributed by atoms with Crippen LogP contribution in [0.25, 0.3) is 22.2 Å². The minimum atomic E-state index is 0.864. The van der Waals surface area contributed by atoms with Crippen molar-refractivity contribution in [2.24, 2.45) is 0 Å². The van der Waals surface area contributed by atoms with E-state index in [1.807, 2.05) is 24.4 Å². The van der Waals surface area contributed by atoms with Gasteiger partial charge in [0.25, 0.3) is 0 Å². The average Bonchev–Trinajstić information content (AvgIpc) is 2.92. The molecule has 2 heterocycles. The number of rotatable bonds is 4. The molecule has 0 radical (unpaired) electrons. The first-order valence-corrected chi connectivity index (χ1v) is 7.03. The van der Waals surface area contributed by atoms with E-state index in [2.05, 4.69) is 38.1 Å². The van der Waals surface area contributed by atoms with Crippen LogP contribution in [0.3, 0.4) is 0 Å². The van der Waals surface area contributed by atoms with Gasteiger partial charge in [0.15, 0.2) is 5.82 Å². The standard InChI is InChI=1S/C14H14N4S/c1-2-8-16-14-13(17-19-18-14)11-5-3-7-12-10(11)6-4-9-15-12/h3-7,9H,2,8H2,1H3,(H,16,18). The van der Waals surface area contributed by atoms with E-state index in [0.29, 0.717) is 0 Å². The van der Waals surface area contributed by atoms with Crippen LogP contribution in [-0.2, 0) is 0 Å². The zero-order chi connectivity index (χ0) is 13.1. The van der Waals surface area contributed by atoms with Crippen LogP contribution in [0.4, 0.5) is 5.82 Å². The highest BCUT2D eigenvalue weighted by atomic mass is 32.1. The Labute approximate surface area is 115 Å². The van der Waals surface area contributed by atoms with Gasteiger partial charge in [-0.05, 0) is 18.6 Å². The first kappa shape index (κ1) is 12.0. The number of anilines is 1. The van der Waals surface area contributed by atoms with Crippen LogP contribution in [0.2, 0.25) is 0 Å². The summed E-state index contributed by atoms with van der Waals surface area (Å²) in [5.74, 6) is 0.864. The molecule has 0 bridgehead atoms. The topological polar surface area (TPSA) is 50.7 Å². The summed E-state index contributed by atoms with van der Waals surface area (Å²) in [6.07, 6.45) is 2.87. The van der Waals surface area contributed by atoms with Gasteiger partial charge in [-0.25, -0.2) is 0 Å². The fourth-order valence-corrected chi connectivity index (χ4v) is 2.57. The van der Waals surface area contributed by atoms with Crippen molar-refractivity contribution in [3.05, 3.63) is 36.5 Å². The Hall–Kier alpha value is -2.01. The van der Waals surface area contributed by atoms with Gasteiger partial charge in [0.1, 0.15) is 5.69 Å². The van der Waals surface area contributed by atoms with Crippen molar-refractivity contribution < 1.29 is 0 Å². The number of hydrogen-bond acceptors (Lipinski definition) is 5. The second-order valence-electron chi connectivity index (χ2n) is 4.26. The number of fused-ring (bicyclic) bond motifs is 1. The lowest BCUT2D eigenvalue weighted by Crippen LogP contribution is -2.01. The fraction of sp³-hybridized carbons (Fsp3) is 0.214. The molecule has 0 unspecified atom stereocenters. The molecule has 2 aromatic heterocycles. The van der Waals surface area contributed by atoms with Crippen LogP contribution in [-0.4, -0.2) is 20.3 Å². The zero-order valence-electron chi connectivity index (χ0n) is 10.6. The third-order valence-electron chi connectivity index (χ3n) is 2.93. The summed E-state index contributed by atoms with van der Waals surface area (Å²) in [6.45, 7) is 3.04. The van der Waals surface area contributed by atoms with Crippen LogP contribution >= 0.6 is 11.7 Å². The van der Waals surface area contributed by atoms with Crippen LogP contribution in [0.15, 0.2) is 36.5 Å². The highest BCUT2D eigenvalue weighted by Crippen LogP contribution is 2.31. The number of benzene rings is 1. The van der Waals surface area contributed by atoms with Crippen molar-refractivity contribution in [3.8, 4) is 11.3 Å². The van der Waals surface area contributed by atoms with Crippen molar-refractivity contribution in [3.63, 3.8) is 0 Å². The summed E-state index contributed by atoms with van der Waals surface area (Å²) >= 11 is 1.24. The zero-order valence-corrected chi connectivity index (χ0v) is 11.4. The Kier molecular flexibility index (Phi) is 3.37. The van der Waals surface area contributed by atoms with E-state index in [1.54, 1.807) is 0 Å². The summed E-state index contributed by atoms with van der Waals surface area (Å²) < 4.78 is 8.77. The summed E-state index contributed by atoms with van der Waals surface area (Å²) in [5.41, 5.74) is 2.98. The molecule has 0 spiro atoms. The van der Waals surface area contributed by atoms with E-state index in [1.165, 1.54) is 11.7 Å². The third kappa shape index (κ3) is 2.29. The molecule has 0 aliphatic carbocycles. The van der Waals surface area contributed by atoms with Crippen LogP contribution in [0.5, 0.6) is 0 Å². The number of aromatic nitrogens is 3. The molecule has 0 saturated heterocycles. The lowest BCUT2D eigenvalue weighted by Gasteiger charge is -2.06. The summed E-state index contributed by atoms with van der Waals surface area (Å²) in [7, 11) is 0. The van der Waals surface area contributed by atoms with Crippen molar-refractivity contribution in [2.45, 2.75) is 13.3 Å². The molecular formula is C14H14N4S. The van der Waals surface area contributed by atoms with Crippen molar-refractivity contribution >= 4 is 28.4 Å². The highest BCUT2D eigenvalue weighted by Gasteiger charge is 2.12. The molecule has 4 nitrogen and oxygen atoms in total. The van der Waals surface area contributed by atoms with Crippen LogP contribution < -0.4 is 5.32 Å². The van der Waals surface area contributed by atoms with Crippen molar-refractivity contribution in [1.82, 2.24) is 13.7 Å². The van der Waals surface area contributed by atoms with Gasteiger partial charge >= 0.3 is 0 Å². The maximum absolute atomic E-state index is 4.43. The number of pyridine rings is 1. The summed E-state index contributed by atoms with van der Waals surface area (Å²) in [5, 5.41) is 4.43. The van der Waals surface area contributed by atoms with Crippen LogP contribution in [0, 0.1) is 0 Å². The van der Waals surface area contributed by atoms with E-state index in [-0.39, 0.29) is 0 Å². The first-order valence-electron chi connectivity index (χ1n) is 6.30. The van der Waals surface area contributed by atoms with Gasteiger partial charge in [-0.1, -0.05) is 25.1 Å². The lowest BCUT2D eigenvalue weighted by atomic mass is 10.1. The van der Waals surface area contributed by atoms with Gasteiger partial charge in [0.2, 0.25) is 0 Å². The second-order valence-corrected chi connectivity index (χ2v) is 4.79. The average molecular weight is 270 g/mol. The van der Waals surface area contributed by atoms with Crippen molar-refractivity contribution in [2.75, 3.05) is 11.9 Å².